The molecule has 15 heavy (non-hydrogen) atoms. The molecule has 0 aliphatic heterocycles. The lowest BCUT2D eigenvalue weighted by molar-refractivity contribution is 0.368. The van der Waals surface area contributed by atoms with Crippen LogP contribution >= 0.6 is 0 Å². The highest BCUT2D eigenvalue weighted by molar-refractivity contribution is 5.48. The first-order valence-electron chi connectivity index (χ1n) is 4.90. The van der Waals surface area contributed by atoms with Gasteiger partial charge in [0.25, 0.3) is 0 Å². The Labute approximate surface area is 89.7 Å². The fraction of sp³-hybridized carbons (Fsp3) is 0.364. The third-order valence-electron chi connectivity index (χ3n) is 1.85. The van der Waals surface area contributed by atoms with E-state index >= 15 is 0 Å². The van der Waals surface area contributed by atoms with E-state index in [9.17, 15) is 0 Å². The van der Waals surface area contributed by atoms with Gasteiger partial charge in [-0.2, -0.15) is 5.26 Å². The average Bonchev–Trinajstić information content (AvgIpc) is 2.27. The van der Waals surface area contributed by atoms with E-state index in [2.05, 4.69) is 5.32 Å². The summed E-state index contributed by atoms with van der Waals surface area (Å²) in [5, 5.41) is 11.6. The van der Waals surface area contributed by atoms with Crippen LogP contribution in [0.4, 0.5) is 5.69 Å². The average molecular weight is 205 g/mol. The second-order valence-electron chi connectivity index (χ2n) is 3.04. The number of anilines is 1. The maximum Gasteiger partial charge on any atom is 0.174 e. The van der Waals surface area contributed by atoms with Crippen molar-refractivity contribution in [3.8, 4) is 11.8 Å². The van der Waals surface area contributed by atoms with Crippen LogP contribution in [0.1, 0.15) is 6.42 Å². The molecule has 3 N–H and O–H groups in total. The van der Waals surface area contributed by atoms with Gasteiger partial charge in [0.1, 0.15) is 11.8 Å². The third-order valence-corrected chi connectivity index (χ3v) is 1.85. The monoisotopic (exact) mass is 205 g/mol. The highest BCUT2D eigenvalue weighted by atomic mass is 16.5. The zero-order chi connectivity index (χ0) is 10.9. The molecular formula is C11H15N3O. The van der Waals surface area contributed by atoms with E-state index in [0.717, 1.165) is 18.7 Å². The molecule has 0 saturated carbocycles. The zero-order valence-corrected chi connectivity index (χ0v) is 8.57. The lowest BCUT2D eigenvalue weighted by Crippen LogP contribution is -2.08. The summed E-state index contributed by atoms with van der Waals surface area (Å²) in [4.78, 5) is 0. The van der Waals surface area contributed by atoms with Crippen molar-refractivity contribution in [2.45, 2.75) is 6.42 Å². The van der Waals surface area contributed by atoms with Crippen LogP contribution in [0.3, 0.4) is 0 Å². The Morgan fingerprint density at radius 3 is 3.07 bits per heavy atom. The first-order chi connectivity index (χ1) is 7.36. The maximum atomic E-state index is 8.37. The lowest BCUT2D eigenvalue weighted by Gasteiger charge is -2.07. The Hall–Kier alpha value is -1.73. The molecule has 0 aliphatic rings. The summed E-state index contributed by atoms with van der Waals surface area (Å²) < 4.78 is 5.18. The van der Waals surface area contributed by atoms with Gasteiger partial charge < -0.3 is 15.8 Å². The van der Waals surface area contributed by atoms with Crippen LogP contribution in [0.15, 0.2) is 24.3 Å². The molecule has 0 radical (unpaired) electrons. The standard InChI is InChI=1S/C11H15N3O/c12-5-2-7-14-10-3-1-4-11(9-10)15-8-6-13/h1,3-4,9,14H,2,5,7-8,12H2. The van der Waals surface area contributed by atoms with Crippen molar-refractivity contribution in [2.24, 2.45) is 5.73 Å². The van der Waals surface area contributed by atoms with Gasteiger partial charge in [0, 0.05) is 18.3 Å². The summed E-state index contributed by atoms with van der Waals surface area (Å²) in [6.45, 7) is 1.60. The van der Waals surface area contributed by atoms with Crippen molar-refractivity contribution in [3.63, 3.8) is 0 Å². The summed E-state index contributed by atoms with van der Waals surface area (Å²) in [5.41, 5.74) is 6.37. The molecular weight excluding hydrogens is 190 g/mol. The molecule has 0 fully saturated rings. The number of nitrogens with two attached hydrogens (primary N) is 1. The van der Waals surface area contributed by atoms with Crippen molar-refractivity contribution in [1.29, 1.82) is 5.26 Å². The number of benzene rings is 1. The fourth-order valence-corrected chi connectivity index (χ4v) is 1.15. The first-order valence-corrected chi connectivity index (χ1v) is 4.90. The molecule has 80 valence electrons. The number of hydrogen-bond acceptors (Lipinski definition) is 4. The minimum atomic E-state index is 0.0756. The van der Waals surface area contributed by atoms with E-state index in [1.54, 1.807) is 0 Å². The van der Waals surface area contributed by atoms with Crippen LogP contribution in [0.5, 0.6) is 5.75 Å². The summed E-state index contributed by atoms with van der Waals surface area (Å²) >= 11 is 0. The highest BCUT2D eigenvalue weighted by Gasteiger charge is 1.95. The fourth-order valence-electron chi connectivity index (χ4n) is 1.15. The van der Waals surface area contributed by atoms with E-state index in [0.29, 0.717) is 12.3 Å². The molecule has 4 heteroatoms. The van der Waals surface area contributed by atoms with Crippen LogP contribution in [-0.4, -0.2) is 19.7 Å². The largest absolute Gasteiger partial charge is 0.479 e. The number of nitrogens with zero attached hydrogens (tertiary/aromatic N) is 1. The maximum absolute atomic E-state index is 8.37. The van der Waals surface area contributed by atoms with E-state index in [-0.39, 0.29) is 6.61 Å². The van der Waals surface area contributed by atoms with Crippen LogP contribution in [0, 0.1) is 11.3 Å². The molecule has 0 aromatic heterocycles. The van der Waals surface area contributed by atoms with Crippen molar-refractivity contribution in [1.82, 2.24) is 0 Å². The lowest BCUT2D eigenvalue weighted by atomic mass is 10.3. The second kappa shape index (κ2) is 6.68. The van der Waals surface area contributed by atoms with Crippen molar-refractivity contribution < 1.29 is 4.74 Å². The van der Waals surface area contributed by atoms with E-state index in [4.69, 9.17) is 15.7 Å². The Balaban J connectivity index is 2.47. The molecule has 0 spiro atoms. The molecule has 0 atom stereocenters. The van der Waals surface area contributed by atoms with Crippen LogP contribution in [0.2, 0.25) is 0 Å². The van der Waals surface area contributed by atoms with Gasteiger partial charge in [-0.3, -0.25) is 0 Å². The summed E-state index contributed by atoms with van der Waals surface area (Å²) in [5.74, 6) is 0.703. The Morgan fingerprint density at radius 1 is 1.47 bits per heavy atom. The summed E-state index contributed by atoms with van der Waals surface area (Å²) in [6, 6.07) is 9.46. The second-order valence-corrected chi connectivity index (χ2v) is 3.04. The molecule has 0 amide bonds. The highest BCUT2D eigenvalue weighted by Crippen LogP contribution is 2.16. The molecule has 1 aromatic carbocycles. The minimum Gasteiger partial charge on any atom is -0.479 e. The van der Waals surface area contributed by atoms with Crippen LogP contribution in [0.25, 0.3) is 0 Å². The van der Waals surface area contributed by atoms with Gasteiger partial charge in [-0.1, -0.05) is 6.07 Å². The third kappa shape index (κ3) is 4.34. The molecule has 0 unspecified atom stereocenters. The Bertz CT molecular complexity index is 333. The molecule has 1 rings (SSSR count). The number of hydrogen-bond donors (Lipinski definition) is 2. The number of ether oxygens (including phenoxy) is 1. The number of rotatable bonds is 6. The smallest absolute Gasteiger partial charge is 0.174 e. The molecule has 1 aromatic rings. The normalized spacial score (nSPS) is 9.33. The number of nitrogens with one attached hydrogen (secondary N) is 1. The zero-order valence-electron chi connectivity index (χ0n) is 8.57. The van der Waals surface area contributed by atoms with Gasteiger partial charge in [-0.15, -0.1) is 0 Å². The van der Waals surface area contributed by atoms with E-state index < -0.39 is 0 Å². The van der Waals surface area contributed by atoms with Crippen molar-refractivity contribution >= 4 is 5.69 Å². The minimum absolute atomic E-state index is 0.0756. The number of nitriles is 1. The van der Waals surface area contributed by atoms with Crippen LogP contribution < -0.4 is 15.8 Å². The van der Waals surface area contributed by atoms with Gasteiger partial charge in [0.2, 0.25) is 0 Å². The molecule has 0 saturated heterocycles. The Kier molecular flexibility index (Phi) is 5.06. The summed E-state index contributed by atoms with van der Waals surface area (Å²) in [7, 11) is 0. The van der Waals surface area contributed by atoms with Gasteiger partial charge in [0.15, 0.2) is 6.61 Å². The molecule has 4 nitrogen and oxygen atoms in total. The topological polar surface area (TPSA) is 71.1 Å². The first kappa shape index (κ1) is 11.3. The molecule has 0 bridgehead atoms. The van der Waals surface area contributed by atoms with E-state index in [1.807, 2.05) is 30.3 Å². The van der Waals surface area contributed by atoms with Gasteiger partial charge in [-0.05, 0) is 25.1 Å². The van der Waals surface area contributed by atoms with Gasteiger partial charge in [-0.25, -0.2) is 0 Å². The van der Waals surface area contributed by atoms with Crippen LogP contribution in [-0.2, 0) is 0 Å². The van der Waals surface area contributed by atoms with Gasteiger partial charge in [0.05, 0.1) is 0 Å². The van der Waals surface area contributed by atoms with Crippen molar-refractivity contribution in [3.05, 3.63) is 24.3 Å². The Morgan fingerprint density at radius 2 is 2.33 bits per heavy atom. The van der Waals surface area contributed by atoms with Gasteiger partial charge >= 0.3 is 0 Å². The predicted octanol–water partition coefficient (Wildman–Crippen LogP) is 1.35. The SMILES string of the molecule is N#CCOc1cccc(NCCCN)c1. The molecule has 0 aliphatic carbocycles. The van der Waals surface area contributed by atoms with Crippen molar-refractivity contribution in [2.75, 3.05) is 25.0 Å². The molecule has 0 heterocycles. The van der Waals surface area contributed by atoms with E-state index in [1.165, 1.54) is 0 Å². The predicted molar refractivity (Wildman–Crippen MR) is 59.7 cm³/mol. The summed E-state index contributed by atoms with van der Waals surface area (Å²) in [6.07, 6.45) is 0.934. The quantitative estimate of drug-likeness (QED) is 0.688.